The predicted octanol–water partition coefficient (Wildman–Crippen LogP) is 4.04. The molecular formula is C26H20N2+2. The molecule has 0 amide bonds. The summed E-state index contributed by atoms with van der Waals surface area (Å²) in [5.41, 5.74) is 8.80. The third-order valence-corrected chi connectivity index (χ3v) is 7.01. The first kappa shape index (κ1) is 14.8. The van der Waals surface area contributed by atoms with E-state index in [1.54, 1.807) is 0 Å². The summed E-state index contributed by atoms with van der Waals surface area (Å²) in [6, 6.07) is 32.2. The van der Waals surface area contributed by atoms with Gasteiger partial charge in [0, 0.05) is 35.4 Å². The van der Waals surface area contributed by atoms with Crippen molar-refractivity contribution >= 4 is 0 Å². The van der Waals surface area contributed by atoms with E-state index in [2.05, 4.69) is 106 Å². The van der Waals surface area contributed by atoms with Crippen LogP contribution in [0.4, 0.5) is 0 Å². The summed E-state index contributed by atoms with van der Waals surface area (Å²) in [5.74, 6) is 0.615. The van der Waals surface area contributed by atoms with Gasteiger partial charge in [-0.25, -0.2) is 0 Å². The van der Waals surface area contributed by atoms with Crippen LogP contribution in [0.3, 0.4) is 0 Å². The lowest BCUT2D eigenvalue weighted by atomic mass is 9.65. The second kappa shape index (κ2) is 5.17. The SMILES string of the molecule is c1ccc2c(c1)[C@H]1c3cccc[n+]3[C@@H]2[C@H]2c3ccccc3[C@@H]1[n+]1ccccc12. The Morgan fingerprint density at radius 1 is 0.429 bits per heavy atom. The standard InChI is InChI=1S/C26H20N2/c1-3-11-19-17(9-1)23-21-13-5-7-15-27(21)25(19)24-18-10-2-4-12-20(18)26(23)28-16-8-6-14-22(24)28/h1-16,23-26H/q+2/t23-,24-,25-,26-/m0/s1. The summed E-state index contributed by atoms with van der Waals surface area (Å²) >= 11 is 0. The highest BCUT2D eigenvalue weighted by molar-refractivity contribution is 5.50. The van der Waals surface area contributed by atoms with Crippen LogP contribution in [0.25, 0.3) is 0 Å². The van der Waals surface area contributed by atoms with Crippen LogP contribution in [-0.2, 0) is 0 Å². The second-order valence-corrected chi connectivity index (χ2v) is 8.17. The van der Waals surface area contributed by atoms with Crippen molar-refractivity contribution in [2.45, 2.75) is 23.9 Å². The molecule has 4 bridgehead atoms. The van der Waals surface area contributed by atoms with Crippen molar-refractivity contribution in [1.29, 1.82) is 0 Å². The van der Waals surface area contributed by atoms with Crippen LogP contribution in [0.5, 0.6) is 0 Å². The summed E-state index contributed by atoms with van der Waals surface area (Å²) in [7, 11) is 0. The van der Waals surface area contributed by atoms with Gasteiger partial charge in [0.2, 0.25) is 12.1 Å². The molecule has 0 saturated carbocycles. The summed E-state index contributed by atoms with van der Waals surface area (Å²) < 4.78 is 5.11. The van der Waals surface area contributed by atoms with E-state index in [1.807, 2.05) is 0 Å². The largest absolute Gasteiger partial charge is 0.200 e. The number of hydrogen-bond donors (Lipinski definition) is 0. The minimum atomic E-state index is 0.277. The molecule has 2 aromatic carbocycles. The van der Waals surface area contributed by atoms with E-state index in [4.69, 9.17) is 0 Å². The van der Waals surface area contributed by atoms with Crippen molar-refractivity contribution in [2.75, 3.05) is 0 Å². The monoisotopic (exact) mass is 360 g/mol. The van der Waals surface area contributed by atoms with Gasteiger partial charge in [-0.1, -0.05) is 60.7 Å². The maximum Gasteiger partial charge on any atom is 0.200 e. The highest BCUT2D eigenvalue weighted by atomic mass is 15.1. The Kier molecular flexibility index (Phi) is 2.72. The normalized spacial score (nSPS) is 25.1. The predicted molar refractivity (Wildman–Crippen MR) is 106 cm³/mol. The lowest BCUT2D eigenvalue weighted by Gasteiger charge is -2.41. The number of aromatic nitrogens is 2. The Balaban J connectivity index is 1.69. The van der Waals surface area contributed by atoms with Crippen molar-refractivity contribution in [3.05, 3.63) is 131 Å². The van der Waals surface area contributed by atoms with Crippen molar-refractivity contribution in [3.63, 3.8) is 0 Å². The Morgan fingerprint density at radius 3 is 1.29 bits per heavy atom. The van der Waals surface area contributed by atoms with E-state index in [0.29, 0.717) is 11.8 Å². The Labute approximate surface area is 164 Å². The molecule has 0 unspecified atom stereocenters. The molecule has 1 aliphatic carbocycles. The van der Waals surface area contributed by atoms with Crippen molar-refractivity contribution in [3.8, 4) is 0 Å². The van der Waals surface area contributed by atoms with Gasteiger partial charge >= 0.3 is 0 Å². The van der Waals surface area contributed by atoms with Gasteiger partial charge in [-0.2, -0.15) is 9.13 Å². The molecule has 0 fully saturated rings. The van der Waals surface area contributed by atoms with Gasteiger partial charge in [-0.15, -0.1) is 0 Å². The first-order valence-corrected chi connectivity index (χ1v) is 10.1. The van der Waals surface area contributed by atoms with Crippen LogP contribution in [0.1, 0.15) is 57.6 Å². The molecule has 6 aliphatic rings. The highest BCUT2D eigenvalue weighted by Crippen LogP contribution is 2.53. The van der Waals surface area contributed by atoms with Crippen LogP contribution >= 0.6 is 0 Å². The first-order valence-electron chi connectivity index (χ1n) is 10.1. The summed E-state index contributed by atoms with van der Waals surface area (Å²) in [6.45, 7) is 0. The quantitative estimate of drug-likeness (QED) is 0.418. The Hall–Kier alpha value is -3.26. The molecule has 2 heteroatoms. The van der Waals surface area contributed by atoms with Gasteiger partial charge in [0.05, 0.1) is 0 Å². The molecule has 0 saturated heterocycles. The van der Waals surface area contributed by atoms with Gasteiger partial charge in [0.15, 0.2) is 23.8 Å². The summed E-state index contributed by atoms with van der Waals surface area (Å²) in [6.07, 6.45) is 4.58. The maximum absolute atomic E-state index is 2.55. The average Bonchev–Trinajstić information content (AvgIpc) is 2.74. The topological polar surface area (TPSA) is 7.76 Å². The molecule has 2 aromatic heterocycles. The molecule has 0 radical (unpaired) electrons. The number of hydrogen-bond acceptors (Lipinski definition) is 0. The molecule has 0 spiro atoms. The van der Waals surface area contributed by atoms with Crippen LogP contribution in [0.15, 0.2) is 97.3 Å². The molecule has 10 rings (SSSR count). The van der Waals surface area contributed by atoms with Gasteiger partial charge in [0.1, 0.15) is 11.8 Å². The fourth-order valence-electron chi connectivity index (χ4n) is 6.06. The number of rotatable bonds is 0. The smallest absolute Gasteiger partial charge is 0.193 e. The maximum atomic E-state index is 2.55. The van der Waals surface area contributed by atoms with E-state index in [9.17, 15) is 0 Å². The summed E-state index contributed by atoms with van der Waals surface area (Å²) in [5, 5.41) is 0. The second-order valence-electron chi connectivity index (χ2n) is 8.17. The van der Waals surface area contributed by atoms with Gasteiger partial charge in [-0.05, 0) is 11.1 Å². The van der Waals surface area contributed by atoms with Crippen molar-refractivity contribution in [1.82, 2.24) is 0 Å². The molecular weight excluding hydrogens is 340 g/mol. The first-order chi connectivity index (χ1) is 13.9. The summed E-state index contributed by atoms with van der Waals surface area (Å²) in [4.78, 5) is 0. The molecule has 5 aliphatic heterocycles. The van der Waals surface area contributed by atoms with Crippen LogP contribution < -0.4 is 9.13 Å². The molecule has 132 valence electrons. The van der Waals surface area contributed by atoms with Gasteiger partial charge in [0.25, 0.3) is 0 Å². The molecule has 7 heterocycles. The zero-order valence-corrected chi connectivity index (χ0v) is 15.4. The van der Waals surface area contributed by atoms with E-state index in [-0.39, 0.29) is 12.1 Å². The minimum absolute atomic E-state index is 0.277. The third-order valence-electron chi connectivity index (χ3n) is 7.01. The number of benzene rings is 2. The molecule has 0 N–H and O–H groups in total. The van der Waals surface area contributed by atoms with E-state index >= 15 is 0 Å². The Morgan fingerprint density at radius 2 is 0.821 bits per heavy atom. The fourth-order valence-corrected chi connectivity index (χ4v) is 6.06. The zero-order chi connectivity index (χ0) is 18.2. The van der Waals surface area contributed by atoms with Crippen molar-refractivity contribution < 1.29 is 9.13 Å². The molecule has 28 heavy (non-hydrogen) atoms. The number of pyridine rings is 2. The fraction of sp³-hybridized carbons (Fsp3) is 0.154. The molecule has 4 atom stereocenters. The van der Waals surface area contributed by atoms with Crippen LogP contribution in [0, 0.1) is 0 Å². The Bertz CT molecular complexity index is 969. The van der Waals surface area contributed by atoms with Crippen LogP contribution in [-0.4, -0.2) is 0 Å². The zero-order valence-electron chi connectivity index (χ0n) is 15.4. The highest BCUT2D eigenvalue weighted by Gasteiger charge is 2.58. The third kappa shape index (κ3) is 1.65. The lowest BCUT2D eigenvalue weighted by molar-refractivity contribution is -0.769. The van der Waals surface area contributed by atoms with E-state index < -0.39 is 0 Å². The van der Waals surface area contributed by atoms with E-state index in [1.165, 1.54) is 33.6 Å². The average molecular weight is 360 g/mol. The van der Waals surface area contributed by atoms with Gasteiger partial charge in [-0.3, -0.25) is 0 Å². The minimum Gasteiger partial charge on any atom is -0.193 e. The molecule has 2 nitrogen and oxygen atoms in total. The molecule has 4 aromatic rings. The lowest BCUT2D eigenvalue weighted by Crippen LogP contribution is -2.62. The van der Waals surface area contributed by atoms with Gasteiger partial charge < -0.3 is 0 Å². The van der Waals surface area contributed by atoms with E-state index in [0.717, 1.165) is 0 Å². The van der Waals surface area contributed by atoms with Crippen molar-refractivity contribution in [2.24, 2.45) is 0 Å². The van der Waals surface area contributed by atoms with Crippen LogP contribution in [0.2, 0.25) is 0 Å². The number of nitrogens with zero attached hydrogens (tertiary/aromatic N) is 2.